The molecule has 3 nitrogen and oxygen atoms in total. The van der Waals surface area contributed by atoms with Crippen molar-refractivity contribution in [3.8, 4) is 0 Å². The average molecular weight is 254 g/mol. The van der Waals surface area contributed by atoms with Crippen LogP contribution in [0.3, 0.4) is 0 Å². The van der Waals surface area contributed by atoms with Crippen molar-refractivity contribution < 1.29 is 9.13 Å². The third-order valence-electron chi connectivity index (χ3n) is 3.00. The van der Waals surface area contributed by atoms with Crippen molar-refractivity contribution in [2.45, 2.75) is 26.4 Å². The van der Waals surface area contributed by atoms with Crippen molar-refractivity contribution in [3.63, 3.8) is 0 Å². The molecule has 1 N–H and O–H groups in total. The first-order valence-corrected chi connectivity index (χ1v) is 6.32. The quantitative estimate of drug-likeness (QED) is 0.808. The minimum atomic E-state index is -0.195. The highest BCUT2D eigenvalue weighted by atomic mass is 19.1. The Morgan fingerprint density at radius 1 is 1.44 bits per heavy atom. The maximum absolute atomic E-state index is 13.3. The number of rotatable bonds is 7. The van der Waals surface area contributed by atoms with Gasteiger partial charge in [-0.25, -0.2) is 4.39 Å². The van der Waals surface area contributed by atoms with Crippen LogP contribution in [0, 0.1) is 5.82 Å². The second kappa shape index (κ2) is 7.34. The summed E-state index contributed by atoms with van der Waals surface area (Å²) in [6.07, 6.45) is 0. The normalized spacial score (nSPS) is 12.5. The van der Waals surface area contributed by atoms with Gasteiger partial charge in [0, 0.05) is 31.9 Å². The lowest BCUT2D eigenvalue weighted by Gasteiger charge is -2.31. The third kappa shape index (κ3) is 3.68. The van der Waals surface area contributed by atoms with Gasteiger partial charge in [0.15, 0.2) is 0 Å². The monoisotopic (exact) mass is 254 g/mol. The Kier molecular flexibility index (Phi) is 6.09. The van der Waals surface area contributed by atoms with E-state index >= 15 is 0 Å². The van der Waals surface area contributed by atoms with Gasteiger partial charge in [0.25, 0.3) is 0 Å². The van der Waals surface area contributed by atoms with Crippen LogP contribution in [-0.4, -0.2) is 33.4 Å². The lowest BCUT2D eigenvalue weighted by molar-refractivity contribution is 0.182. The molecule has 0 heterocycles. The van der Waals surface area contributed by atoms with E-state index < -0.39 is 0 Å². The molecule has 1 aromatic carbocycles. The summed E-state index contributed by atoms with van der Waals surface area (Å²) in [6, 6.07) is 5.21. The first-order valence-electron chi connectivity index (χ1n) is 6.32. The molecule has 18 heavy (non-hydrogen) atoms. The molecule has 0 amide bonds. The van der Waals surface area contributed by atoms with Gasteiger partial charge < -0.3 is 15.0 Å². The van der Waals surface area contributed by atoms with Crippen LogP contribution in [0.5, 0.6) is 0 Å². The van der Waals surface area contributed by atoms with E-state index in [1.165, 1.54) is 6.07 Å². The van der Waals surface area contributed by atoms with Crippen molar-refractivity contribution in [2.24, 2.45) is 0 Å². The van der Waals surface area contributed by atoms with Crippen molar-refractivity contribution >= 4 is 5.69 Å². The standard InChI is InChI=1S/C14H23FN2O/c1-5-17(11(2)10-18-4)14-7-6-13(15)8-12(14)9-16-3/h6-8,11,16H,5,9-10H2,1-4H3. The Morgan fingerprint density at radius 3 is 2.72 bits per heavy atom. The fourth-order valence-electron chi connectivity index (χ4n) is 2.22. The molecule has 4 heteroatoms. The molecule has 0 radical (unpaired) electrons. The number of nitrogens with zero attached hydrogens (tertiary/aromatic N) is 1. The lowest BCUT2D eigenvalue weighted by Crippen LogP contribution is -2.37. The topological polar surface area (TPSA) is 24.5 Å². The Balaban J connectivity index is 3.03. The molecule has 0 aromatic heterocycles. The van der Waals surface area contributed by atoms with Gasteiger partial charge in [0.05, 0.1) is 6.61 Å². The molecular weight excluding hydrogens is 231 g/mol. The molecule has 0 aliphatic heterocycles. The Hall–Kier alpha value is -1.13. The number of benzene rings is 1. The summed E-state index contributed by atoms with van der Waals surface area (Å²) in [5.41, 5.74) is 2.04. The molecule has 0 spiro atoms. The summed E-state index contributed by atoms with van der Waals surface area (Å²) in [6.45, 7) is 6.39. The number of nitrogens with one attached hydrogen (secondary N) is 1. The van der Waals surface area contributed by atoms with E-state index in [4.69, 9.17) is 4.74 Å². The van der Waals surface area contributed by atoms with Crippen LogP contribution >= 0.6 is 0 Å². The Labute approximate surface area is 109 Å². The molecular formula is C14H23FN2O. The smallest absolute Gasteiger partial charge is 0.123 e. The summed E-state index contributed by atoms with van der Waals surface area (Å²) >= 11 is 0. The third-order valence-corrected chi connectivity index (χ3v) is 3.00. The minimum Gasteiger partial charge on any atom is -0.383 e. The van der Waals surface area contributed by atoms with Crippen molar-refractivity contribution in [3.05, 3.63) is 29.6 Å². The van der Waals surface area contributed by atoms with Crippen LogP contribution in [0.25, 0.3) is 0 Å². The highest BCUT2D eigenvalue weighted by Gasteiger charge is 2.16. The van der Waals surface area contributed by atoms with Gasteiger partial charge in [0.1, 0.15) is 5.82 Å². The summed E-state index contributed by atoms with van der Waals surface area (Å²) < 4.78 is 18.5. The molecule has 1 aromatic rings. The highest BCUT2D eigenvalue weighted by Crippen LogP contribution is 2.23. The molecule has 0 fully saturated rings. The maximum atomic E-state index is 13.3. The Morgan fingerprint density at radius 2 is 2.17 bits per heavy atom. The molecule has 1 atom stereocenters. The zero-order chi connectivity index (χ0) is 13.5. The summed E-state index contributed by atoms with van der Waals surface area (Å²) in [5.74, 6) is -0.195. The van der Waals surface area contributed by atoms with E-state index in [1.54, 1.807) is 13.2 Å². The number of ether oxygens (including phenoxy) is 1. The Bertz CT molecular complexity index is 371. The summed E-state index contributed by atoms with van der Waals surface area (Å²) in [5, 5.41) is 3.08. The van der Waals surface area contributed by atoms with E-state index in [-0.39, 0.29) is 11.9 Å². The zero-order valence-corrected chi connectivity index (χ0v) is 11.7. The van der Waals surface area contributed by atoms with Gasteiger partial charge in [-0.15, -0.1) is 0 Å². The molecule has 102 valence electrons. The van der Waals surface area contributed by atoms with Crippen LogP contribution < -0.4 is 10.2 Å². The minimum absolute atomic E-state index is 0.195. The number of hydrogen-bond donors (Lipinski definition) is 1. The molecule has 1 unspecified atom stereocenters. The SMILES string of the molecule is CCN(c1ccc(F)cc1CNC)C(C)COC. The number of hydrogen-bond acceptors (Lipinski definition) is 3. The van der Waals surface area contributed by atoms with Gasteiger partial charge in [-0.3, -0.25) is 0 Å². The van der Waals surface area contributed by atoms with E-state index in [0.29, 0.717) is 13.2 Å². The van der Waals surface area contributed by atoms with Crippen molar-refractivity contribution in [1.29, 1.82) is 0 Å². The largest absolute Gasteiger partial charge is 0.383 e. The van der Waals surface area contributed by atoms with Crippen molar-refractivity contribution in [1.82, 2.24) is 5.32 Å². The van der Waals surface area contributed by atoms with Gasteiger partial charge in [-0.05, 0) is 44.7 Å². The molecule has 0 saturated carbocycles. The van der Waals surface area contributed by atoms with E-state index in [0.717, 1.165) is 17.8 Å². The van der Waals surface area contributed by atoms with E-state index in [1.807, 2.05) is 13.1 Å². The fourth-order valence-corrected chi connectivity index (χ4v) is 2.22. The molecule has 1 rings (SSSR count). The van der Waals surface area contributed by atoms with Crippen LogP contribution in [0.1, 0.15) is 19.4 Å². The zero-order valence-electron chi connectivity index (χ0n) is 11.7. The van der Waals surface area contributed by atoms with Crippen LogP contribution in [0.4, 0.5) is 10.1 Å². The molecule has 0 aliphatic rings. The summed E-state index contributed by atoms with van der Waals surface area (Å²) in [4.78, 5) is 2.23. The lowest BCUT2D eigenvalue weighted by atomic mass is 10.1. The number of likely N-dealkylation sites (N-methyl/N-ethyl adjacent to an activating group) is 1. The van der Waals surface area contributed by atoms with Crippen LogP contribution in [-0.2, 0) is 11.3 Å². The van der Waals surface area contributed by atoms with Gasteiger partial charge >= 0.3 is 0 Å². The number of halogens is 1. The second-order valence-electron chi connectivity index (χ2n) is 4.39. The fraction of sp³-hybridized carbons (Fsp3) is 0.571. The maximum Gasteiger partial charge on any atom is 0.123 e. The predicted octanol–water partition coefficient (Wildman–Crippen LogP) is 2.41. The van der Waals surface area contributed by atoms with Crippen LogP contribution in [0.2, 0.25) is 0 Å². The van der Waals surface area contributed by atoms with Gasteiger partial charge in [-0.2, -0.15) is 0 Å². The van der Waals surface area contributed by atoms with Crippen LogP contribution in [0.15, 0.2) is 18.2 Å². The highest BCUT2D eigenvalue weighted by molar-refractivity contribution is 5.54. The summed E-state index contributed by atoms with van der Waals surface area (Å²) in [7, 11) is 3.56. The number of anilines is 1. The predicted molar refractivity (Wildman–Crippen MR) is 73.5 cm³/mol. The molecule has 0 saturated heterocycles. The average Bonchev–Trinajstić information content (AvgIpc) is 2.33. The van der Waals surface area contributed by atoms with Crippen molar-refractivity contribution in [2.75, 3.05) is 32.2 Å². The first kappa shape index (κ1) is 14.9. The van der Waals surface area contributed by atoms with E-state index in [2.05, 4.69) is 24.1 Å². The van der Waals surface area contributed by atoms with Gasteiger partial charge in [0.2, 0.25) is 0 Å². The number of methoxy groups -OCH3 is 1. The molecule has 0 aliphatic carbocycles. The first-order chi connectivity index (χ1) is 8.63. The second-order valence-corrected chi connectivity index (χ2v) is 4.39. The molecule has 0 bridgehead atoms. The van der Waals surface area contributed by atoms with E-state index in [9.17, 15) is 4.39 Å². The van der Waals surface area contributed by atoms with Gasteiger partial charge in [-0.1, -0.05) is 0 Å².